The van der Waals surface area contributed by atoms with E-state index in [0.29, 0.717) is 46.8 Å². The Balaban J connectivity index is 1.39. The van der Waals surface area contributed by atoms with Gasteiger partial charge in [0.1, 0.15) is 18.0 Å². The van der Waals surface area contributed by atoms with Gasteiger partial charge in [0, 0.05) is 39.3 Å². The van der Waals surface area contributed by atoms with Gasteiger partial charge in [-0.25, -0.2) is 15.0 Å². The number of amides is 1. The second-order valence-corrected chi connectivity index (χ2v) is 8.31. The fourth-order valence-corrected chi connectivity index (χ4v) is 3.88. The van der Waals surface area contributed by atoms with Crippen LogP contribution >= 0.6 is 0 Å². The number of aryl methyl sites for hydroxylation is 1. The number of aromatic nitrogens is 6. The van der Waals surface area contributed by atoms with Crippen LogP contribution in [0.1, 0.15) is 12.2 Å². The van der Waals surface area contributed by atoms with E-state index in [2.05, 4.69) is 30.5 Å². The molecule has 5 heterocycles. The van der Waals surface area contributed by atoms with Crippen molar-refractivity contribution in [3.05, 3.63) is 48.5 Å². The Bertz CT molecular complexity index is 1400. The number of anilines is 2. The molecule has 4 aromatic rings. The predicted octanol–water partition coefficient (Wildman–Crippen LogP) is 1.09. The third-order valence-corrected chi connectivity index (χ3v) is 5.73. The van der Waals surface area contributed by atoms with Crippen LogP contribution in [-0.4, -0.2) is 77.7 Å². The molecule has 1 saturated heterocycles. The molecular formula is C23H24N8O5. The molecule has 4 aromatic heterocycles. The lowest BCUT2D eigenvalue weighted by Gasteiger charge is -2.16. The Hall–Kier alpha value is -4.36. The van der Waals surface area contributed by atoms with Gasteiger partial charge in [-0.05, 0) is 18.2 Å². The maximum atomic E-state index is 12.4. The van der Waals surface area contributed by atoms with E-state index in [0.717, 1.165) is 0 Å². The van der Waals surface area contributed by atoms with Crippen LogP contribution in [-0.2, 0) is 17.4 Å². The highest BCUT2D eigenvalue weighted by molar-refractivity contribution is 5.87. The molecule has 0 bridgehead atoms. The molecule has 0 aromatic carbocycles. The van der Waals surface area contributed by atoms with E-state index in [1.165, 1.54) is 11.0 Å². The fourth-order valence-electron chi connectivity index (χ4n) is 3.88. The maximum Gasteiger partial charge on any atom is 0.262 e. The summed E-state index contributed by atoms with van der Waals surface area (Å²) in [6.07, 6.45) is 3.53. The van der Waals surface area contributed by atoms with Crippen LogP contribution in [0.25, 0.3) is 22.8 Å². The van der Waals surface area contributed by atoms with Crippen LogP contribution in [0.2, 0.25) is 0 Å². The van der Waals surface area contributed by atoms with Crippen LogP contribution in [0.4, 0.5) is 11.6 Å². The molecule has 13 nitrogen and oxygen atoms in total. The summed E-state index contributed by atoms with van der Waals surface area (Å²) >= 11 is 0. The lowest BCUT2D eigenvalue weighted by Crippen LogP contribution is -2.35. The van der Waals surface area contributed by atoms with Crippen LogP contribution in [0.5, 0.6) is 5.88 Å². The molecular weight excluding hydrogens is 468 g/mol. The number of ether oxygens (including phenoxy) is 1. The van der Waals surface area contributed by atoms with Gasteiger partial charge in [0.05, 0.1) is 29.9 Å². The highest BCUT2D eigenvalue weighted by Crippen LogP contribution is 2.34. The second-order valence-electron chi connectivity index (χ2n) is 8.31. The summed E-state index contributed by atoms with van der Waals surface area (Å²) in [5.41, 5.74) is 0.800. The minimum atomic E-state index is -1.73. The van der Waals surface area contributed by atoms with Crippen molar-refractivity contribution >= 4 is 17.5 Å². The lowest BCUT2D eigenvalue weighted by atomic mass is 9.98. The SMILES string of the molecule is CN1CCC(O)(c2cc(-c3cccc(-c4ccnc(Nc5cn(C)nc5OCCO)n4)n3)no2)C1=O. The Kier molecular flexibility index (Phi) is 6.08. The van der Waals surface area contributed by atoms with E-state index < -0.39 is 11.5 Å². The molecule has 1 atom stereocenters. The third-order valence-electron chi connectivity index (χ3n) is 5.73. The Morgan fingerprint density at radius 1 is 1.17 bits per heavy atom. The second kappa shape index (κ2) is 9.36. The third kappa shape index (κ3) is 4.36. The highest BCUT2D eigenvalue weighted by atomic mass is 16.5. The van der Waals surface area contributed by atoms with E-state index in [4.69, 9.17) is 14.4 Å². The van der Waals surface area contributed by atoms with Gasteiger partial charge in [0.2, 0.25) is 11.5 Å². The minimum Gasteiger partial charge on any atom is -0.473 e. The smallest absolute Gasteiger partial charge is 0.262 e. The van der Waals surface area contributed by atoms with Crippen molar-refractivity contribution in [2.24, 2.45) is 7.05 Å². The average Bonchev–Trinajstić information content (AvgIpc) is 3.59. The van der Waals surface area contributed by atoms with Crippen molar-refractivity contribution in [3.8, 4) is 28.7 Å². The van der Waals surface area contributed by atoms with Crippen molar-refractivity contribution < 1.29 is 24.3 Å². The molecule has 0 saturated carbocycles. The largest absolute Gasteiger partial charge is 0.473 e. The summed E-state index contributed by atoms with van der Waals surface area (Å²) in [6.45, 7) is 0.399. The summed E-state index contributed by atoms with van der Waals surface area (Å²) in [5, 5.41) is 31.2. The number of hydrogen-bond donors (Lipinski definition) is 3. The standard InChI is InChI=1S/C23H24N8O5/c1-30-9-7-23(34,21(30)33)19-12-17(29-36-19)15-5-3-4-14(25-15)16-6-8-24-22(26-16)27-18-13-31(2)28-20(18)35-11-10-32/h3-6,8,12-13,32,34H,7,9-11H2,1-2H3,(H,24,26,27). The zero-order chi connectivity index (χ0) is 25.3. The number of hydrogen-bond acceptors (Lipinski definition) is 11. The molecule has 36 heavy (non-hydrogen) atoms. The molecule has 0 spiro atoms. The first kappa shape index (κ1) is 23.4. The molecule has 3 N–H and O–H groups in total. The number of pyridine rings is 1. The molecule has 0 aliphatic carbocycles. The molecule has 1 fully saturated rings. The molecule has 1 unspecified atom stereocenters. The fraction of sp³-hybridized carbons (Fsp3) is 0.304. The van der Waals surface area contributed by atoms with Crippen molar-refractivity contribution in [2.75, 3.05) is 32.1 Å². The first-order valence-electron chi connectivity index (χ1n) is 11.2. The van der Waals surface area contributed by atoms with Crippen LogP contribution in [0.3, 0.4) is 0 Å². The van der Waals surface area contributed by atoms with E-state index in [-0.39, 0.29) is 25.4 Å². The summed E-state index contributed by atoms with van der Waals surface area (Å²) in [6, 6.07) is 8.59. The molecule has 1 amide bonds. The highest BCUT2D eigenvalue weighted by Gasteiger charge is 2.48. The maximum absolute atomic E-state index is 12.4. The van der Waals surface area contributed by atoms with Crippen molar-refractivity contribution in [1.29, 1.82) is 0 Å². The zero-order valence-corrected chi connectivity index (χ0v) is 19.6. The van der Waals surface area contributed by atoms with Gasteiger partial charge >= 0.3 is 0 Å². The number of aliphatic hydroxyl groups is 2. The summed E-state index contributed by atoms with van der Waals surface area (Å²) < 4.78 is 12.4. The number of carbonyl (C=O) groups excluding carboxylic acids is 1. The van der Waals surface area contributed by atoms with Crippen molar-refractivity contribution in [2.45, 2.75) is 12.0 Å². The van der Waals surface area contributed by atoms with Gasteiger partial charge in [-0.2, -0.15) is 0 Å². The first-order valence-corrected chi connectivity index (χ1v) is 11.2. The molecule has 1 aliphatic heterocycles. The molecule has 186 valence electrons. The van der Waals surface area contributed by atoms with Gasteiger partial charge in [-0.15, -0.1) is 5.10 Å². The lowest BCUT2D eigenvalue weighted by molar-refractivity contribution is -0.144. The van der Waals surface area contributed by atoms with E-state index in [9.17, 15) is 9.90 Å². The van der Waals surface area contributed by atoms with Gasteiger partial charge in [0.25, 0.3) is 11.8 Å². The molecule has 13 heteroatoms. The normalized spacial score (nSPS) is 17.6. The number of nitrogens with zero attached hydrogens (tertiary/aromatic N) is 7. The number of likely N-dealkylation sites (tertiary alicyclic amines) is 1. The molecule has 5 rings (SSSR count). The minimum absolute atomic E-state index is 0.0864. The van der Waals surface area contributed by atoms with E-state index in [1.807, 2.05) is 0 Å². The van der Waals surface area contributed by atoms with Gasteiger partial charge in [-0.1, -0.05) is 11.2 Å². The topological polar surface area (TPSA) is 165 Å². The average molecular weight is 492 g/mol. The van der Waals surface area contributed by atoms with E-state index >= 15 is 0 Å². The Morgan fingerprint density at radius 3 is 2.69 bits per heavy atom. The molecule has 1 aliphatic rings. The Morgan fingerprint density at radius 2 is 1.94 bits per heavy atom. The monoisotopic (exact) mass is 492 g/mol. The van der Waals surface area contributed by atoms with Crippen LogP contribution < -0.4 is 10.1 Å². The first-order chi connectivity index (χ1) is 17.4. The number of rotatable bonds is 8. The van der Waals surface area contributed by atoms with Crippen LogP contribution in [0, 0.1) is 0 Å². The predicted molar refractivity (Wildman–Crippen MR) is 126 cm³/mol. The number of nitrogens with one attached hydrogen (secondary N) is 1. The molecule has 0 radical (unpaired) electrons. The van der Waals surface area contributed by atoms with Crippen molar-refractivity contribution in [1.82, 2.24) is 34.8 Å². The van der Waals surface area contributed by atoms with Gasteiger partial charge in [-0.3, -0.25) is 9.48 Å². The summed E-state index contributed by atoms with van der Waals surface area (Å²) in [4.78, 5) is 27.3. The summed E-state index contributed by atoms with van der Waals surface area (Å²) in [5.74, 6) is 0.280. The number of carbonyl (C=O) groups is 1. The quantitative estimate of drug-likeness (QED) is 0.322. The number of aliphatic hydroxyl groups excluding tert-OH is 1. The van der Waals surface area contributed by atoms with Gasteiger partial charge in [0.15, 0.2) is 5.76 Å². The summed E-state index contributed by atoms with van der Waals surface area (Å²) in [7, 11) is 3.38. The van der Waals surface area contributed by atoms with Crippen molar-refractivity contribution in [3.63, 3.8) is 0 Å². The zero-order valence-electron chi connectivity index (χ0n) is 19.6. The van der Waals surface area contributed by atoms with Crippen LogP contribution in [0.15, 0.2) is 47.2 Å². The Labute approximate surface area is 205 Å². The number of likely N-dealkylation sites (N-methyl/N-ethyl adjacent to an activating group) is 1. The van der Waals surface area contributed by atoms with E-state index in [1.54, 1.807) is 55.4 Å². The van der Waals surface area contributed by atoms with Gasteiger partial charge < -0.3 is 29.7 Å².